The van der Waals surface area contributed by atoms with Gasteiger partial charge in [-0.2, -0.15) is 0 Å². The molecular formula is C17H26N2O3. The number of hydrogen-bond acceptors (Lipinski definition) is 5. The maximum Gasteiger partial charge on any atom is 0.0791 e. The lowest BCUT2D eigenvalue weighted by Crippen LogP contribution is -2.53. The highest BCUT2D eigenvalue weighted by atomic mass is 16.5. The summed E-state index contributed by atoms with van der Waals surface area (Å²) < 4.78 is 5.32. The first-order chi connectivity index (χ1) is 10.7. The number of nitrogens with zero attached hydrogens (tertiary/aromatic N) is 1. The predicted octanol–water partition coefficient (Wildman–Crippen LogP) is -0.201. The lowest BCUT2D eigenvalue weighted by atomic mass is 9.96. The maximum absolute atomic E-state index is 10.3. The molecule has 1 fully saturated rings. The van der Waals surface area contributed by atoms with Gasteiger partial charge >= 0.3 is 0 Å². The summed E-state index contributed by atoms with van der Waals surface area (Å²) in [5.74, 6) is 0. The van der Waals surface area contributed by atoms with Crippen LogP contribution in [0.2, 0.25) is 0 Å². The summed E-state index contributed by atoms with van der Waals surface area (Å²) in [6.07, 6.45) is 1.22. The average molecular weight is 306 g/mol. The Hall–Kier alpha value is -0.980. The third-order valence-corrected chi connectivity index (χ3v) is 4.76. The van der Waals surface area contributed by atoms with Crippen LogP contribution in [0.25, 0.3) is 0 Å². The Labute approximate surface area is 131 Å². The van der Waals surface area contributed by atoms with Crippen LogP contribution in [0.4, 0.5) is 0 Å². The Morgan fingerprint density at radius 1 is 1.18 bits per heavy atom. The molecule has 0 bridgehead atoms. The maximum atomic E-state index is 10.3. The molecule has 3 N–H and O–H groups in total. The van der Waals surface area contributed by atoms with Crippen LogP contribution in [0.3, 0.4) is 0 Å². The van der Waals surface area contributed by atoms with E-state index in [1.807, 2.05) is 12.1 Å². The minimum Gasteiger partial charge on any atom is -0.394 e. The fourth-order valence-electron chi connectivity index (χ4n) is 3.47. The Morgan fingerprint density at radius 3 is 2.41 bits per heavy atom. The number of aliphatic hydroxyl groups excluding tert-OH is 2. The van der Waals surface area contributed by atoms with Gasteiger partial charge in [-0.1, -0.05) is 24.3 Å². The molecule has 1 aromatic carbocycles. The fourth-order valence-corrected chi connectivity index (χ4v) is 3.47. The summed E-state index contributed by atoms with van der Waals surface area (Å²) in [5.41, 5.74) is 2.27. The number of fused-ring (bicyclic) bond motifs is 1. The summed E-state index contributed by atoms with van der Waals surface area (Å²) in [6, 6.07) is 8.33. The summed E-state index contributed by atoms with van der Waals surface area (Å²) in [6.45, 7) is 4.51. The minimum atomic E-state index is -0.426. The van der Waals surface area contributed by atoms with Gasteiger partial charge in [-0.25, -0.2) is 0 Å². The van der Waals surface area contributed by atoms with E-state index >= 15 is 0 Å². The molecule has 0 saturated carbocycles. The molecule has 122 valence electrons. The molecule has 1 saturated heterocycles. The van der Waals surface area contributed by atoms with Gasteiger partial charge in [-0.3, -0.25) is 4.90 Å². The van der Waals surface area contributed by atoms with Crippen molar-refractivity contribution in [1.82, 2.24) is 10.2 Å². The Balaban J connectivity index is 1.51. The van der Waals surface area contributed by atoms with E-state index in [-0.39, 0.29) is 12.1 Å². The highest BCUT2D eigenvalue weighted by Crippen LogP contribution is 2.29. The number of nitrogens with one attached hydrogen (secondary N) is 1. The van der Waals surface area contributed by atoms with E-state index in [1.54, 1.807) is 0 Å². The quantitative estimate of drug-likeness (QED) is 0.679. The van der Waals surface area contributed by atoms with Gasteiger partial charge < -0.3 is 20.3 Å². The molecule has 0 radical (unpaired) electrons. The lowest BCUT2D eigenvalue weighted by molar-refractivity contribution is 0.0125. The summed E-state index contributed by atoms with van der Waals surface area (Å²) >= 11 is 0. The number of morpholine rings is 1. The van der Waals surface area contributed by atoms with Crippen LogP contribution in [0.1, 0.15) is 11.1 Å². The fraction of sp³-hybridized carbons (Fsp3) is 0.647. The van der Waals surface area contributed by atoms with E-state index in [0.717, 1.165) is 39.1 Å². The molecule has 5 nitrogen and oxygen atoms in total. The number of β-amino-alcohol motifs (C(OH)–C–C–N with tert-alkyl or cyclic N) is 1. The van der Waals surface area contributed by atoms with Crippen molar-refractivity contribution >= 4 is 0 Å². The second-order valence-electron chi connectivity index (χ2n) is 6.51. The Kier molecular flexibility index (Phi) is 5.10. The van der Waals surface area contributed by atoms with Gasteiger partial charge in [0.2, 0.25) is 0 Å². The van der Waals surface area contributed by atoms with Gasteiger partial charge in [0.15, 0.2) is 0 Å². The Bertz CT molecular complexity index is 464. The van der Waals surface area contributed by atoms with Crippen LogP contribution in [-0.4, -0.2) is 72.8 Å². The van der Waals surface area contributed by atoms with Gasteiger partial charge in [-0.05, 0) is 24.0 Å². The van der Waals surface area contributed by atoms with E-state index < -0.39 is 6.10 Å². The largest absolute Gasteiger partial charge is 0.394 e. The molecule has 0 spiro atoms. The van der Waals surface area contributed by atoms with Crippen molar-refractivity contribution in [3.05, 3.63) is 35.4 Å². The molecule has 1 atom stereocenters. The zero-order chi connectivity index (χ0) is 15.4. The number of hydrogen-bond donors (Lipinski definition) is 3. The average Bonchev–Trinajstić information content (AvgIpc) is 2.93. The molecule has 1 aliphatic heterocycles. The van der Waals surface area contributed by atoms with E-state index in [9.17, 15) is 10.2 Å². The second-order valence-corrected chi connectivity index (χ2v) is 6.51. The molecule has 3 rings (SSSR count). The van der Waals surface area contributed by atoms with Crippen LogP contribution < -0.4 is 5.32 Å². The highest BCUT2D eigenvalue weighted by molar-refractivity contribution is 5.36. The molecule has 0 amide bonds. The normalized spacial score (nSPS) is 22.5. The smallest absolute Gasteiger partial charge is 0.0791 e. The topological polar surface area (TPSA) is 65.0 Å². The molecule has 0 aromatic heterocycles. The molecule has 22 heavy (non-hydrogen) atoms. The van der Waals surface area contributed by atoms with Crippen molar-refractivity contribution in [3.63, 3.8) is 0 Å². The van der Waals surface area contributed by atoms with E-state index in [4.69, 9.17) is 4.74 Å². The number of aliphatic hydroxyl groups is 2. The minimum absolute atomic E-state index is 0.0892. The third-order valence-electron chi connectivity index (χ3n) is 4.76. The molecule has 1 aromatic rings. The zero-order valence-corrected chi connectivity index (χ0v) is 13.0. The lowest BCUT2D eigenvalue weighted by Gasteiger charge is -2.32. The van der Waals surface area contributed by atoms with E-state index in [2.05, 4.69) is 22.3 Å². The van der Waals surface area contributed by atoms with E-state index in [0.29, 0.717) is 13.1 Å². The SMILES string of the molecule is OCC1(NCC(O)CN2CCOCC2)Cc2ccccc2C1. The van der Waals surface area contributed by atoms with Crippen molar-refractivity contribution in [2.24, 2.45) is 0 Å². The van der Waals surface area contributed by atoms with Crippen molar-refractivity contribution < 1.29 is 14.9 Å². The van der Waals surface area contributed by atoms with Crippen LogP contribution >= 0.6 is 0 Å². The highest BCUT2D eigenvalue weighted by Gasteiger charge is 2.36. The first kappa shape index (κ1) is 15.9. The van der Waals surface area contributed by atoms with Crippen molar-refractivity contribution in [2.75, 3.05) is 46.0 Å². The molecular weight excluding hydrogens is 280 g/mol. The van der Waals surface area contributed by atoms with Crippen molar-refractivity contribution in [2.45, 2.75) is 24.5 Å². The zero-order valence-electron chi connectivity index (χ0n) is 13.0. The summed E-state index contributed by atoms with van der Waals surface area (Å²) in [7, 11) is 0. The third kappa shape index (κ3) is 3.67. The van der Waals surface area contributed by atoms with Crippen LogP contribution in [0, 0.1) is 0 Å². The van der Waals surface area contributed by atoms with Gasteiger partial charge in [0, 0.05) is 31.7 Å². The molecule has 1 unspecified atom stereocenters. The van der Waals surface area contributed by atoms with Crippen molar-refractivity contribution in [1.29, 1.82) is 0 Å². The molecule has 1 heterocycles. The van der Waals surface area contributed by atoms with E-state index in [1.165, 1.54) is 11.1 Å². The first-order valence-corrected chi connectivity index (χ1v) is 8.12. The molecule has 2 aliphatic rings. The number of ether oxygens (including phenoxy) is 1. The number of rotatable bonds is 6. The van der Waals surface area contributed by atoms with Crippen LogP contribution in [0.15, 0.2) is 24.3 Å². The Morgan fingerprint density at radius 2 is 1.82 bits per heavy atom. The van der Waals surface area contributed by atoms with Gasteiger partial charge in [0.25, 0.3) is 0 Å². The molecule has 5 heteroatoms. The summed E-state index contributed by atoms with van der Waals surface area (Å²) in [4.78, 5) is 2.23. The first-order valence-electron chi connectivity index (χ1n) is 8.12. The number of benzene rings is 1. The van der Waals surface area contributed by atoms with Crippen LogP contribution in [-0.2, 0) is 17.6 Å². The summed E-state index contributed by atoms with van der Waals surface area (Å²) in [5, 5.41) is 23.5. The van der Waals surface area contributed by atoms with Gasteiger partial charge in [0.05, 0.1) is 25.9 Å². The van der Waals surface area contributed by atoms with Gasteiger partial charge in [-0.15, -0.1) is 0 Å². The van der Waals surface area contributed by atoms with Crippen molar-refractivity contribution in [3.8, 4) is 0 Å². The van der Waals surface area contributed by atoms with Crippen LogP contribution in [0.5, 0.6) is 0 Å². The predicted molar refractivity (Wildman–Crippen MR) is 84.9 cm³/mol. The molecule has 1 aliphatic carbocycles. The monoisotopic (exact) mass is 306 g/mol. The van der Waals surface area contributed by atoms with Gasteiger partial charge in [0.1, 0.15) is 0 Å². The second kappa shape index (κ2) is 7.06. The standard InChI is InChI=1S/C17H26N2O3/c20-13-17(9-14-3-1-2-4-15(14)10-17)18-11-16(21)12-19-5-7-22-8-6-19/h1-4,16,18,20-21H,5-13H2.